The van der Waals surface area contributed by atoms with Gasteiger partial charge < -0.3 is 21.1 Å². The topological polar surface area (TPSA) is 95.7 Å². The Labute approximate surface area is 120 Å². The SMILES string of the molecule is CC(C)C(N)C(=O)N1CCC(C(=O)NCCCO)CC1. The highest BCUT2D eigenvalue weighted by Gasteiger charge is 2.30. The summed E-state index contributed by atoms with van der Waals surface area (Å²) in [7, 11) is 0. The molecule has 1 saturated heterocycles. The normalized spacial score (nSPS) is 18.1. The van der Waals surface area contributed by atoms with Gasteiger partial charge in [-0.3, -0.25) is 9.59 Å². The van der Waals surface area contributed by atoms with E-state index in [1.165, 1.54) is 0 Å². The molecule has 0 saturated carbocycles. The third kappa shape index (κ3) is 4.76. The molecular formula is C14H27N3O3. The highest BCUT2D eigenvalue weighted by atomic mass is 16.3. The fourth-order valence-electron chi connectivity index (χ4n) is 2.29. The molecule has 1 aliphatic heterocycles. The minimum absolute atomic E-state index is 0.0147. The Balaban J connectivity index is 2.36. The van der Waals surface area contributed by atoms with E-state index in [0.29, 0.717) is 38.9 Å². The van der Waals surface area contributed by atoms with Crippen molar-refractivity contribution in [2.24, 2.45) is 17.6 Å². The number of nitrogens with zero attached hydrogens (tertiary/aromatic N) is 1. The molecule has 0 radical (unpaired) electrons. The van der Waals surface area contributed by atoms with Crippen molar-refractivity contribution >= 4 is 11.8 Å². The predicted octanol–water partition coefficient (Wildman–Crippen LogP) is -0.293. The van der Waals surface area contributed by atoms with Crippen LogP contribution < -0.4 is 11.1 Å². The summed E-state index contributed by atoms with van der Waals surface area (Å²) < 4.78 is 0. The van der Waals surface area contributed by atoms with Crippen LogP contribution in [0.1, 0.15) is 33.1 Å². The molecule has 0 aliphatic carbocycles. The Hall–Kier alpha value is -1.14. The number of hydrogen-bond donors (Lipinski definition) is 3. The first-order valence-corrected chi connectivity index (χ1v) is 7.40. The summed E-state index contributed by atoms with van der Waals surface area (Å²) in [5.74, 6) is 0.105. The van der Waals surface area contributed by atoms with Crippen LogP contribution in [0.4, 0.5) is 0 Å². The van der Waals surface area contributed by atoms with Gasteiger partial charge in [0.2, 0.25) is 11.8 Å². The number of piperidine rings is 1. The largest absolute Gasteiger partial charge is 0.396 e. The molecule has 1 heterocycles. The summed E-state index contributed by atoms with van der Waals surface area (Å²) in [6.07, 6.45) is 1.94. The fraction of sp³-hybridized carbons (Fsp3) is 0.857. The van der Waals surface area contributed by atoms with Crippen LogP contribution in [0.25, 0.3) is 0 Å². The Morgan fingerprint density at radius 2 is 1.95 bits per heavy atom. The van der Waals surface area contributed by atoms with Crippen LogP contribution in [0.5, 0.6) is 0 Å². The second-order valence-corrected chi connectivity index (χ2v) is 5.74. The molecule has 1 rings (SSSR count). The Bertz CT molecular complexity index is 326. The highest BCUT2D eigenvalue weighted by Crippen LogP contribution is 2.18. The number of amides is 2. The first-order chi connectivity index (χ1) is 9.47. The minimum Gasteiger partial charge on any atom is -0.396 e. The molecule has 0 aromatic carbocycles. The lowest BCUT2D eigenvalue weighted by Crippen LogP contribution is -2.50. The zero-order valence-corrected chi connectivity index (χ0v) is 12.5. The van der Waals surface area contributed by atoms with Crippen molar-refractivity contribution in [1.82, 2.24) is 10.2 Å². The molecular weight excluding hydrogens is 258 g/mol. The van der Waals surface area contributed by atoms with Crippen LogP contribution in [0.2, 0.25) is 0 Å². The number of likely N-dealkylation sites (tertiary alicyclic amines) is 1. The first-order valence-electron chi connectivity index (χ1n) is 7.40. The van der Waals surface area contributed by atoms with Crippen molar-refractivity contribution in [3.8, 4) is 0 Å². The first kappa shape index (κ1) is 16.9. The van der Waals surface area contributed by atoms with E-state index in [-0.39, 0.29) is 30.3 Å². The minimum atomic E-state index is -0.454. The molecule has 1 aliphatic rings. The van der Waals surface area contributed by atoms with Gasteiger partial charge in [0, 0.05) is 32.2 Å². The highest BCUT2D eigenvalue weighted by molar-refractivity contribution is 5.83. The molecule has 116 valence electrons. The Kier molecular flexibility index (Phi) is 6.95. The quantitative estimate of drug-likeness (QED) is 0.584. The molecule has 0 aromatic rings. The zero-order chi connectivity index (χ0) is 15.1. The molecule has 6 nitrogen and oxygen atoms in total. The fourth-order valence-corrected chi connectivity index (χ4v) is 2.29. The monoisotopic (exact) mass is 285 g/mol. The maximum absolute atomic E-state index is 12.1. The standard InChI is InChI=1S/C14H27N3O3/c1-10(2)12(15)14(20)17-7-4-11(5-8-17)13(19)16-6-3-9-18/h10-12,18H,3-9,15H2,1-2H3,(H,16,19). The second-order valence-electron chi connectivity index (χ2n) is 5.74. The van der Waals surface area contributed by atoms with E-state index >= 15 is 0 Å². The molecule has 6 heteroatoms. The van der Waals surface area contributed by atoms with Gasteiger partial charge in [-0.2, -0.15) is 0 Å². The van der Waals surface area contributed by atoms with Gasteiger partial charge >= 0.3 is 0 Å². The molecule has 2 amide bonds. The number of nitrogens with one attached hydrogen (secondary N) is 1. The molecule has 20 heavy (non-hydrogen) atoms. The van der Waals surface area contributed by atoms with Crippen LogP contribution in [-0.4, -0.2) is 54.1 Å². The summed E-state index contributed by atoms with van der Waals surface area (Å²) in [4.78, 5) is 25.7. The summed E-state index contributed by atoms with van der Waals surface area (Å²) in [6, 6.07) is -0.454. The van der Waals surface area contributed by atoms with Crippen LogP contribution in [0.3, 0.4) is 0 Å². The summed E-state index contributed by atoms with van der Waals surface area (Å²) >= 11 is 0. The third-order valence-corrected chi connectivity index (χ3v) is 3.81. The van der Waals surface area contributed by atoms with Gasteiger partial charge in [-0.1, -0.05) is 13.8 Å². The van der Waals surface area contributed by atoms with Crippen LogP contribution >= 0.6 is 0 Å². The van der Waals surface area contributed by atoms with Gasteiger partial charge in [-0.15, -0.1) is 0 Å². The number of nitrogens with two attached hydrogens (primary N) is 1. The average Bonchev–Trinajstić information content (AvgIpc) is 2.46. The van der Waals surface area contributed by atoms with Crippen LogP contribution in [0.15, 0.2) is 0 Å². The van der Waals surface area contributed by atoms with E-state index in [1.54, 1.807) is 4.90 Å². The van der Waals surface area contributed by atoms with Gasteiger partial charge in [0.25, 0.3) is 0 Å². The smallest absolute Gasteiger partial charge is 0.239 e. The lowest BCUT2D eigenvalue weighted by atomic mass is 9.94. The number of carbonyl (C=O) groups excluding carboxylic acids is 2. The van der Waals surface area contributed by atoms with Crippen molar-refractivity contribution < 1.29 is 14.7 Å². The molecule has 0 bridgehead atoms. The number of aliphatic hydroxyl groups excluding tert-OH is 1. The van der Waals surface area contributed by atoms with Crippen molar-refractivity contribution in [3.63, 3.8) is 0 Å². The molecule has 1 unspecified atom stereocenters. The van der Waals surface area contributed by atoms with Crippen molar-refractivity contribution in [2.75, 3.05) is 26.2 Å². The van der Waals surface area contributed by atoms with E-state index in [4.69, 9.17) is 10.8 Å². The van der Waals surface area contributed by atoms with Gasteiger partial charge in [0.15, 0.2) is 0 Å². The second kappa shape index (κ2) is 8.21. The van der Waals surface area contributed by atoms with Crippen LogP contribution in [0, 0.1) is 11.8 Å². The molecule has 1 atom stereocenters. The van der Waals surface area contributed by atoms with Gasteiger partial charge in [-0.05, 0) is 25.2 Å². The van der Waals surface area contributed by atoms with Gasteiger partial charge in [0.1, 0.15) is 0 Å². The van der Waals surface area contributed by atoms with E-state index in [0.717, 1.165) is 0 Å². The third-order valence-electron chi connectivity index (χ3n) is 3.81. The van der Waals surface area contributed by atoms with E-state index < -0.39 is 6.04 Å². The summed E-state index contributed by atoms with van der Waals surface area (Å²) in [6.45, 7) is 5.65. The molecule has 0 aromatic heterocycles. The van der Waals surface area contributed by atoms with Gasteiger partial charge in [-0.25, -0.2) is 0 Å². The summed E-state index contributed by atoms with van der Waals surface area (Å²) in [5, 5.41) is 11.5. The van der Waals surface area contributed by atoms with Crippen molar-refractivity contribution in [1.29, 1.82) is 0 Å². The number of aliphatic hydroxyl groups is 1. The lowest BCUT2D eigenvalue weighted by molar-refractivity contribution is -0.137. The predicted molar refractivity (Wildman–Crippen MR) is 76.8 cm³/mol. The molecule has 1 fully saturated rings. The van der Waals surface area contributed by atoms with Crippen molar-refractivity contribution in [3.05, 3.63) is 0 Å². The number of carbonyl (C=O) groups is 2. The molecule has 0 spiro atoms. The zero-order valence-electron chi connectivity index (χ0n) is 12.5. The lowest BCUT2D eigenvalue weighted by Gasteiger charge is -2.33. The van der Waals surface area contributed by atoms with E-state index in [9.17, 15) is 9.59 Å². The Morgan fingerprint density at radius 3 is 2.45 bits per heavy atom. The Morgan fingerprint density at radius 1 is 1.35 bits per heavy atom. The number of hydrogen-bond acceptors (Lipinski definition) is 4. The van der Waals surface area contributed by atoms with E-state index in [1.807, 2.05) is 13.8 Å². The maximum atomic E-state index is 12.1. The molecule has 4 N–H and O–H groups in total. The van der Waals surface area contributed by atoms with Gasteiger partial charge in [0.05, 0.1) is 6.04 Å². The van der Waals surface area contributed by atoms with Crippen LogP contribution in [-0.2, 0) is 9.59 Å². The average molecular weight is 285 g/mol. The van der Waals surface area contributed by atoms with Crippen molar-refractivity contribution in [2.45, 2.75) is 39.2 Å². The van der Waals surface area contributed by atoms with E-state index in [2.05, 4.69) is 5.32 Å². The summed E-state index contributed by atoms with van der Waals surface area (Å²) in [5.41, 5.74) is 5.87. The maximum Gasteiger partial charge on any atom is 0.239 e. The number of rotatable bonds is 6.